The van der Waals surface area contributed by atoms with Crippen LogP contribution in [0.15, 0.2) is 54.7 Å². The number of carbonyl (C=O) groups excluding carboxylic acids is 1. The Morgan fingerprint density at radius 3 is 2.78 bits per heavy atom. The molecule has 2 aromatic carbocycles. The molecule has 1 amide bonds. The number of benzene rings is 2. The van der Waals surface area contributed by atoms with Gasteiger partial charge in [0.05, 0.1) is 17.8 Å². The van der Waals surface area contributed by atoms with E-state index in [4.69, 9.17) is 4.74 Å². The van der Waals surface area contributed by atoms with Gasteiger partial charge < -0.3 is 20.3 Å². The summed E-state index contributed by atoms with van der Waals surface area (Å²) in [5.41, 5.74) is 2.38. The van der Waals surface area contributed by atoms with Gasteiger partial charge in [0.2, 0.25) is 0 Å². The number of alkyl carbamates (subject to hydrolysis) is 1. The normalized spacial score (nSPS) is 13.3. The number of nitrogens with one attached hydrogen (secondary N) is 1. The van der Waals surface area contributed by atoms with Crippen molar-refractivity contribution >= 4 is 17.0 Å². The van der Waals surface area contributed by atoms with E-state index in [-0.39, 0.29) is 19.6 Å². The number of ether oxygens (including phenoxy) is 1. The third-order valence-corrected chi connectivity index (χ3v) is 4.40. The Bertz CT molecular complexity index is 895. The lowest BCUT2D eigenvalue weighted by Crippen LogP contribution is -2.29. The molecule has 0 spiro atoms. The maximum atomic E-state index is 11.7. The molecule has 3 aromatic rings. The molecule has 2 unspecified atom stereocenters. The Hall–Kier alpha value is -2.90. The highest BCUT2D eigenvalue weighted by atomic mass is 16.5. The van der Waals surface area contributed by atoms with Gasteiger partial charge in [0.25, 0.3) is 0 Å². The molecule has 1 heterocycles. The second-order valence-electron chi connectivity index (χ2n) is 6.38. The number of aliphatic hydroxyl groups excluding tert-OH is 2. The van der Waals surface area contributed by atoms with Crippen LogP contribution in [-0.2, 0) is 18.4 Å². The first-order valence-electron chi connectivity index (χ1n) is 8.77. The molecule has 0 saturated carbocycles. The van der Waals surface area contributed by atoms with E-state index in [0.29, 0.717) is 5.56 Å². The molecule has 0 fully saturated rings. The molecule has 1 aromatic heterocycles. The van der Waals surface area contributed by atoms with Crippen LogP contribution < -0.4 is 5.32 Å². The second kappa shape index (κ2) is 8.66. The number of aliphatic hydroxyl groups is 2. The van der Waals surface area contributed by atoms with Gasteiger partial charge in [-0.2, -0.15) is 5.10 Å². The van der Waals surface area contributed by atoms with E-state index in [2.05, 4.69) is 10.4 Å². The number of amides is 1. The van der Waals surface area contributed by atoms with Crippen LogP contribution in [0.4, 0.5) is 4.79 Å². The van der Waals surface area contributed by atoms with E-state index < -0.39 is 18.3 Å². The van der Waals surface area contributed by atoms with Crippen molar-refractivity contribution in [3.63, 3.8) is 0 Å². The zero-order chi connectivity index (χ0) is 19.2. The Balaban J connectivity index is 1.45. The summed E-state index contributed by atoms with van der Waals surface area (Å²) in [4.78, 5) is 11.7. The molecule has 0 aliphatic carbocycles. The first kappa shape index (κ1) is 18.9. The number of fused-ring (bicyclic) bond motifs is 1. The predicted octanol–water partition coefficient (Wildman–Crippen LogP) is 2.28. The summed E-state index contributed by atoms with van der Waals surface area (Å²) < 4.78 is 6.81. The number of hydrogen-bond acceptors (Lipinski definition) is 5. The van der Waals surface area contributed by atoms with Crippen LogP contribution in [0.2, 0.25) is 0 Å². The van der Waals surface area contributed by atoms with Gasteiger partial charge in [-0.1, -0.05) is 42.5 Å². The fraction of sp³-hybridized carbons (Fsp3) is 0.300. The van der Waals surface area contributed by atoms with Gasteiger partial charge in [0.15, 0.2) is 0 Å². The van der Waals surface area contributed by atoms with Crippen molar-refractivity contribution in [3.05, 3.63) is 65.9 Å². The van der Waals surface area contributed by atoms with Crippen LogP contribution in [0, 0.1) is 0 Å². The average Bonchev–Trinajstić information content (AvgIpc) is 3.07. The number of nitrogens with zero attached hydrogens (tertiary/aromatic N) is 2. The van der Waals surface area contributed by atoms with E-state index in [9.17, 15) is 15.0 Å². The van der Waals surface area contributed by atoms with E-state index in [1.165, 1.54) is 0 Å². The minimum atomic E-state index is -1.05. The summed E-state index contributed by atoms with van der Waals surface area (Å²) in [6, 6.07) is 14.8. The summed E-state index contributed by atoms with van der Waals surface area (Å²) in [7, 11) is 1.82. The second-order valence-corrected chi connectivity index (χ2v) is 6.38. The SMILES string of the molecule is Cn1ncc2ccc(C(O)C(O)CCNC(=O)OCc3ccccc3)cc21. The molecular weight excluding hydrogens is 346 g/mol. The summed E-state index contributed by atoms with van der Waals surface area (Å²) in [5.74, 6) is 0. The standard InChI is InChI=1S/C20H23N3O4/c1-23-17-11-15(7-8-16(17)12-22-23)19(25)18(24)9-10-21-20(26)27-13-14-5-3-2-4-6-14/h2-8,11-12,18-19,24-25H,9-10,13H2,1H3,(H,21,26). The first-order valence-corrected chi connectivity index (χ1v) is 8.77. The van der Waals surface area contributed by atoms with Crippen molar-refractivity contribution < 1.29 is 19.7 Å². The summed E-state index contributed by atoms with van der Waals surface area (Å²) in [5, 5.41) is 28.3. The van der Waals surface area contributed by atoms with Crippen LogP contribution >= 0.6 is 0 Å². The molecule has 2 atom stereocenters. The minimum absolute atomic E-state index is 0.183. The molecule has 0 radical (unpaired) electrons. The first-order chi connectivity index (χ1) is 13.0. The highest BCUT2D eigenvalue weighted by molar-refractivity contribution is 5.79. The smallest absolute Gasteiger partial charge is 0.407 e. The highest BCUT2D eigenvalue weighted by Gasteiger charge is 2.19. The van der Waals surface area contributed by atoms with Gasteiger partial charge in [-0.3, -0.25) is 4.68 Å². The Labute approximate surface area is 157 Å². The van der Waals surface area contributed by atoms with Crippen molar-refractivity contribution in [2.24, 2.45) is 7.05 Å². The number of aromatic nitrogens is 2. The monoisotopic (exact) mass is 369 g/mol. The van der Waals surface area contributed by atoms with Gasteiger partial charge in [-0.05, 0) is 23.6 Å². The number of carbonyl (C=O) groups is 1. The number of hydrogen-bond donors (Lipinski definition) is 3. The fourth-order valence-electron chi connectivity index (χ4n) is 2.82. The summed E-state index contributed by atoms with van der Waals surface area (Å²) >= 11 is 0. The molecule has 7 nitrogen and oxygen atoms in total. The van der Waals surface area contributed by atoms with Crippen molar-refractivity contribution in [3.8, 4) is 0 Å². The summed E-state index contributed by atoms with van der Waals surface area (Å²) in [6.07, 6.45) is -0.675. The lowest BCUT2D eigenvalue weighted by molar-refractivity contribution is 0.0137. The predicted molar refractivity (Wildman–Crippen MR) is 101 cm³/mol. The molecule has 7 heteroatoms. The third kappa shape index (κ3) is 4.84. The van der Waals surface area contributed by atoms with Crippen LogP contribution in [0.3, 0.4) is 0 Å². The zero-order valence-electron chi connectivity index (χ0n) is 15.1. The van der Waals surface area contributed by atoms with Gasteiger partial charge in [-0.15, -0.1) is 0 Å². The number of rotatable bonds is 7. The van der Waals surface area contributed by atoms with Gasteiger partial charge in [0, 0.05) is 19.0 Å². The van der Waals surface area contributed by atoms with Gasteiger partial charge in [0.1, 0.15) is 12.7 Å². The molecule has 142 valence electrons. The van der Waals surface area contributed by atoms with Crippen molar-refractivity contribution in [2.45, 2.75) is 25.2 Å². The van der Waals surface area contributed by atoms with E-state index in [1.807, 2.05) is 43.4 Å². The molecule has 27 heavy (non-hydrogen) atoms. The Kier molecular flexibility index (Phi) is 6.05. The van der Waals surface area contributed by atoms with Crippen molar-refractivity contribution in [2.75, 3.05) is 6.54 Å². The minimum Gasteiger partial charge on any atom is -0.445 e. The molecule has 0 aliphatic heterocycles. The topological polar surface area (TPSA) is 96.6 Å². The molecule has 3 N–H and O–H groups in total. The van der Waals surface area contributed by atoms with Crippen molar-refractivity contribution in [1.82, 2.24) is 15.1 Å². The Morgan fingerprint density at radius 2 is 2.00 bits per heavy atom. The lowest BCUT2D eigenvalue weighted by Gasteiger charge is -2.18. The molecule has 0 bridgehead atoms. The maximum absolute atomic E-state index is 11.7. The molecule has 0 saturated heterocycles. The lowest BCUT2D eigenvalue weighted by atomic mass is 10.0. The number of aryl methyl sites for hydroxylation is 1. The van der Waals surface area contributed by atoms with Gasteiger partial charge in [-0.25, -0.2) is 4.79 Å². The summed E-state index contributed by atoms with van der Waals surface area (Å²) in [6.45, 7) is 0.377. The van der Waals surface area contributed by atoms with Crippen LogP contribution in [-0.4, -0.2) is 38.7 Å². The maximum Gasteiger partial charge on any atom is 0.407 e. The van der Waals surface area contributed by atoms with E-state index >= 15 is 0 Å². The largest absolute Gasteiger partial charge is 0.445 e. The highest BCUT2D eigenvalue weighted by Crippen LogP contribution is 2.23. The van der Waals surface area contributed by atoms with E-state index in [1.54, 1.807) is 23.0 Å². The Morgan fingerprint density at radius 1 is 1.22 bits per heavy atom. The molecule has 0 aliphatic rings. The van der Waals surface area contributed by atoms with Gasteiger partial charge >= 0.3 is 6.09 Å². The average molecular weight is 369 g/mol. The van der Waals surface area contributed by atoms with Crippen LogP contribution in [0.25, 0.3) is 10.9 Å². The quantitative estimate of drug-likeness (QED) is 0.594. The zero-order valence-corrected chi connectivity index (χ0v) is 15.1. The van der Waals surface area contributed by atoms with E-state index in [0.717, 1.165) is 16.5 Å². The van der Waals surface area contributed by atoms with Crippen LogP contribution in [0.5, 0.6) is 0 Å². The molecular formula is C20H23N3O4. The fourth-order valence-corrected chi connectivity index (χ4v) is 2.82. The van der Waals surface area contributed by atoms with Crippen molar-refractivity contribution in [1.29, 1.82) is 0 Å². The van der Waals surface area contributed by atoms with Crippen LogP contribution in [0.1, 0.15) is 23.7 Å². The third-order valence-electron chi connectivity index (χ3n) is 4.40. The molecule has 3 rings (SSSR count).